The van der Waals surface area contributed by atoms with E-state index in [1.54, 1.807) is 46.6 Å². The Bertz CT molecular complexity index is 1060. The monoisotopic (exact) mass is 475 g/mol. The fourth-order valence-corrected chi connectivity index (χ4v) is 6.94. The molecule has 2 aliphatic rings. The van der Waals surface area contributed by atoms with Gasteiger partial charge in [-0.15, -0.1) is 11.3 Å². The summed E-state index contributed by atoms with van der Waals surface area (Å²) < 4.78 is 26.9. The summed E-state index contributed by atoms with van der Waals surface area (Å²) in [7, 11) is -3.54. The first-order valence-corrected chi connectivity index (χ1v) is 13.4. The van der Waals surface area contributed by atoms with E-state index in [-0.39, 0.29) is 48.7 Å². The topological polar surface area (TPSA) is 78.0 Å². The number of hydrogen-bond donors (Lipinski definition) is 0. The molecular formula is C23H29N3O4S2. The standard InChI is InChI=1S/C23H29N3O4S2/c1-2-20-19-11-17-31-21(19)10-12-26(20)23(28)9-8-22(27)24-13-15-25(16-14-24)32(29,30)18-6-4-3-5-7-18/h3-7,11,17,20H,2,8-10,12-16H2,1H3/t20-/m0/s1. The van der Waals surface area contributed by atoms with Gasteiger partial charge in [0, 0.05) is 50.4 Å². The maximum atomic E-state index is 12.9. The Morgan fingerprint density at radius 2 is 1.66 bits per heavy atom. The van der Waals surface area contributed by atoms with E-state index >= 15 is 0 Å². The minimum absolute atomic E-state index is 0.0207. The van der Waals surface area contributed by atoms with E-state index in [4.69, 9.17) is 0 Å². The highest BCUT2D eigenvalue weighted by atomic mass is 32.2. The van der Waals surface area contributed by atoms with Crippen LogP contribution in [0.5, 0.6) is 0 Å². The summed E-state index contributed by atoms with van der Waals surface area (Å²) in [5.74, 6) is -0.0660. The van der Waals surface area contributed by atoms with Gasteiger partial charge < -0.3 is 9.80 Å². The third kappa shape index (κ3) is 4.60. The molecule has 0 unspecified atom stereocenters. The van der Waals surface area contributed by atoms with Crippen LogP contribution in [-0.4, -0.2) is 67.1 Å². The van der Waals surface area contributed by atoms with Crippen LogP contribution in [0.4, 0.5) is 0 Å². The smallest absolute Gasteiger partial charge is 0.243 e. The Kier molecular flexibility index (Phi) is 6.97. The average molecular weight is 476 g/mol. The van der Waals surface area contributed by atoms with Crippen molar-refractivity contribution in [1.82, 2.24) is 14.1 Å². The summed E-state index contributed by atoms with van der Waals surface area (Å²) in [4.78, 5) is 30.8. The summed E-state index contributed by atoms with van der Waals surface area (Å²) >= 11 is 1.75. The quantitative estimate of drug-likeness (QED) is 0.644. The highest BCUT2D eigenvalue weighted by Crippen LogP contribution is 2.35. The molecular weight excluding hydrogens is 446 g/mol. The van der Waals surface area contributed by atoms with Gasteiger partial charge in [0.2, 0.25) is 21.8 Å². The van der Waals surface area contributed by atoms with Crippen LogP contribution in [0.2, 0.25) is 0 Å². The van der Waals surface area contributed by atoms with E-state index in [1.807, 2.05) is 4.90 Å². The van der Waals surface area contributed by atoms with Crippen LogP contribution in [0.25, 0.3) is 0 Å². The van der Waals surface area contributed by atoms with Crippen molar-refractivity contribution < 1.29 is 18.0 Å². The van der Waals surface area contributed by atoms with Crippen LogP contribution in [0.15, 0.2) is 46.7 Å². The van der Waals surface area contributed by atoms with E-state index in [9.17, 15) is 18.0 Å². The zero-order chi connectivity index (χ0) is 22.7. The molecule has 1 aromatic heterocycles. The van der Waals surface area contributed by atoms with Gasteiger partial charge >= 0.3 is 0 Å². The Balaban J connectivity index is 1.29. The Labute approximate surface area is 193 Å². The summed E-state index contributed by atoms with van der Waals surface area (Å²) in [5, 5.41) is 2.09. The van der Waals surface area contributed by atoms with Crippen LogP contribution in [0, 0.1) is 0 Å². The van der Waals surface area contributed by atoms with Gasteiger partial charge in [0.1, 0.15) is 0 Å². The first-order chi connectivity index (χ1) is 15.4. The summed E-state index contributed by atoms with van der Waals surface area (Å²) in [5.41, 5.74) is 1.25. The van der Waals surface area contributed by atoms with Crippen molar-refractivity contribution >= 4 is 33.2 Å². The molecule has 1 atom stereocenters. The number of rotatable bonds is 6. The van der Waals surface area contributed by atoms with Gasteiger partial charge in [-0.25, -0.2) is 8.42 Å². The molecule has 9 heteroatoms. The van der Waals surface area contributed by atoms with Gasteiger partial charge in [0.15, 0.2) is 0 Å². The van der Waals surface area contributed by atoms with Crippen LogP contribution >= 0.6 is 11.3 Å². The molecule has 0 bridgehead atoms. The van der Waals surface area contributed by atoms with E-state index in [1.165, 1.54) is 14.7 Å². The molecule has 0 aliphatic carbocycles. The number of thiophene rings is 1. The van der Waals surface area contributed by atoms with Gasteiger partial charge in [0.05, 0.1) is 10.9 Å². The lowest BCUT2D eigenvalue weighted by atomic mass is 9.97. The van der Waals surface area contributed by atoms with Crippen molar-refractivity contribution in [1.29, 1.82) is 0 Å². The second kappa shape index (κ2) is 9.72. The molecule has 0 N–H and O–H groups in total. The van der Waals surface area contributed by atoms with Crippen molar-refractivity contribution in [3.05, 3.63) is 52.2 Å². The summed E-state index contributed by atoms with van der Waals surface area (Å²) in [6, 6.07) is 10.6. The Morgan fingerprint density at radius 3 is 2.34 bits per heavy atom. The van der Waals surface area contributed by atoms with Crippen molar-refractivity contribution in [2.24, 2.45) is 0 Å². The normalized spacial score (nSPS) is 19.6. The Hall–Kier alpha value is -2.23. The van der Waals surface area contributed by atoms with E-state index in [0.717, 1.165) is 12.8 Å². The zero-order valence-corrected chi connectivity index (χ0v) is 19.9. The van der Waals surface area contributed by atoms with Gasteiger partial charge in [-0.3, -0.25) is 9.59 Å². The molecule has 7 nitrogen and oxygen atoms in total. The molecule has 0 spiro atoms. The lowest BCUT2D eigenvalue weighted by Crippen LogP contribution is -2.50. The van der Waals surface area contributed by atoms with Gasteiger partial charge in [-0.1, -0.05) is 25.1 Å². The molecule has 1 saturated heterocycles. The fraction of sp³-hybridized carbons (Fsp3) is 0.478. The van der Waals surface area contributed by atoms with Crippen molar-refractivity contribution in [3.63, 3.8) is 0 Å². The number of sulfonamides is 1. The SMILES string of the molecule is CC[C@H]1c2ccsc2CCN1C(=O)CCC(=O)N1CCN(S(=O)(=O)c2ccccc2)CC1. The minimum Gasteiger partial charge on any atom is -0.340 e. The third-order valence-electron chi connectivity index (χ3n) is 6.33. The second-order valence-corrected chi connectivity index (χ2v) is 11.1. The number of carbonyl (C=O) groups is 2. The molecule has 2 aromatic rings. The number of fused-ring (bicyclic) bond motifs is 1. The summed E-state index contributed by atoms with van der Waals surface area (Å²) in [6.45, 7) is 4.02. The molecule has 3 heterocycles. The lowest BCUT2D eigenvalue weighted by molar-refractivity contribution is -0.139. The van der Waals surface area contributed by atoms with Crippen molar-refractivity contribution in [3.8, 4) is 0 Å². The van der Waals surface area contributed by atoms with Crippen molar-refractivity contribution in [2.45, 2.75) is 43.5 Å². The van der Waals surface area contributed by atoms with Crippen LogP contribution in [0.3, 0.4) is 0 Å². The average Bonchev–Trinajstić information content (AvgIpc) is 3.31. The number of benzene rings is 1. The number of nitrogens with zero attached hydrogens (tertiary/aromatic N) is 3. The number of hydrogen-bond acceptors (Lipinski definition) is 5. The predicted molar refractivity (Wildman–Crippen MR) is 124 cm³/mol. The maximum absolute atomic E-state index is 12.9. The number of amides is 2. The second-order valence-electron chi connectivity index (χ2n) is 8.16. The molecule has 1 aromatic carbocycles. The molecule has 2 aliphatic heterocycles. The van der Waals surface area contributed by atoms with Gasteiger partial charge in [0.25, 0.3) is 0 Å². The minimum atomic E-state index is -3.54. The maximum Gasteiger partial charge on any atom is 0.243 e. The van der Waals surface area contributed by atoms with Crippen LogP contribution < -0.4 is 0 Å². The molecule has 172 valence electrons. The van der Waals surface area contributed by atoms with Crippen LogP contribution in [-0.2, 0) is 26.0 Å². The third-order valence-corrected chi connectivity index (χ3v) is 9.24. The van der Waals surface area contributed by atoms with E-state index in [2.05, 4.69) is 18.4 Å². The van der Waals surface area contributed by atoms with Crippen molar-refractivity contribution in [2.75, 3.05) is 32.7 Å². The number of piperazine rings is 1. The zero-order valence-electron chi connectivity index (χ0n) is 18.3. The fourth-order valence-electron chi connectivity index (χ4n) is 4.57. The molecule has 0 saturated carbocycles. The highest BCUT2D eigenvalue weighted by Gasteiger charge is 2.32. The number of carbonyl (C=O) groups excluding carboxylic acids is 2. The Morgan fingerprint density at radius 1 is 0.969 bits per heavy atom. The first-order valence-electron chi connectivity index (χ1n) is 11.1. The lowest BCUT2D eigenvalue weighted by Gasteiger charge is -2.36. The molecule has 4 rings (SSSR count). The molecule has 1 fully saturated rings. The van der Waals surface area contributed by atoms with E-state index < -0.39 is 10.0 Å². The highest BCUT2D eigenvalue weighted by molar-refractivity contribution is 7.89. The van der Waals surface area contributed by atoms with Crippen LogP contribution in [0.1, 0.15) is 42.7 Å². The molecule has 2 amide bonds. The molecule has 0 radical (unpaired) electrons. The largest absolute Gasteiger partial charge is 0.340 e. The van der Waals surface area contributed by atoms with Gasteiger partial charge in [-0.2, -0.15) is 4.31 Å². The first kappa shape index (κ1) is 22.9. The molecule has 32 heavy (non-hydrogen) atoms. The van der Waals surface area contributed by atoms with E-state index in [0.29, 0.717) is 19.6 Å². The predicted octanol–water partition coefficient (Wildman–Crippen LogP) is 2.90. The summed E-state index contributed by atoms with van der Waals surface area (Å²) in [6.07, 6.45) is 2.09. The van der Waals surface area contributed by atoms with Gasteiger partial charge in [-0.05, 0) is 42.0 Å².